The molecule has 2 rings (SSSR count). The first-order chi connectivity index (χ1) is 6.77. The van der Waals surface area contributed by atoms with Gasteiger partial charge in [0.25, 0.3) is 0 Å². The zero-order chi connectivity index (χ0) is 9.97. The SMILES string of the molecule is Fc1ccccc1-c1cc[c]c(Cl)c1. The average molecular weight is 206 g/mol. The summed E-state index contributed by atoms with van der Waals surface area (Å²) in [6.07, 6.45) is 0. The Labute approximate surface area is 87.0 Å². The van der Waals surface area contributed by atoms with E-state index < -0.39 is 0 Å². The minimum atomic E-state index is -0.241. The van der Waals surface area contributed by atoms with Crippen LogP contribution in [0.1, 0.15) is 0 Å². The minimum absolute atomic E-state index is 0.241. The Balaban J connectivity index is 2.55. The van der Waals surface area contributed by atoms with Gasteiger partial charge in [-0.3, -0.25) is 0 Å². The molecule has 69 valence electrons. The van der Waals surface area contributed by atoms with Gasteiger partial charge in [-0.05, 0) is 17.7 Å². The highest BCUT2D eigenvalue weighted by atomic mass is 35.5. The number of hydrogen-bond acceptors (Lipinski definition) is 0. The third kappa shape index (κ3) is 1.78. The predicted molar refractivity (Wildman–Crippen MR) is 55.7 cm³/mol. The van der Waals surface area contributed by atoms with Crippen LogP contribution in [0.15, 0.2) is 42.5 Å². The Bertz CT molecular complexity index is 452. The second kappa shape index (κ2) is 3.81. The summed E-state index contributed by atoms with van der Waals surface area (Å²) in [5.74, 6) is -0.241. The van der Waals surface area contributed by atoms with Crippen LogP contribution in [-0.2, 0) is 0 Å². The van der Waals surface area contributed by atoms with Gasteiger partial charge in [0.1, 0.15) is 5.82 Å². The summed E-state index contributed by atoms with van der Waals surface area (Å²) in [6.45, 7) is 0. The highest BCUT2D eigenvalue weighted by Gasteiger charge is 2.03. The molecule has 14 heavy (non-hydrogen) atoms. The number of rotatable bonds is 1. The van der Waals surface area contributed by atoms with Crippen molar-refractivity contribution in [1.82, 2.24) is 0 Å². The Morgan fingerprint density at radius 2 is 1.93 bits per heavy atom. The normalized spacial score (nSPS) is 10.1. The molecule has 1 radical (unpaired) electrons. The van der Waals surface area contributed by atoms with E-state index in [2.05, 4.69) is 6.07 Å². The topological polar surface area (TPSA) is 0 Å². The molecule has 0 fully saturated rings. The molecule has 0 aromatic heterocycles. The zero-order valence-electron chi connectivity index (χ0n) is 7.30. The van der Waals surface area contributed by atoms with Crippen LogP contribution >= 0.6 is 11.6 Å². The van der Waals surface area contributed by atoms with Crippen LogP contribution in [0.2, 0.25) is 5.02 Å². The molecule has 2 aromatic carbocycles. The fourth-order valence-electron chi connectivity index (χ4n) is 1.30. The molecule has 0 spiro atoms. The monoisotopic (exact) mass is 205 g/mol. The van der Waals surface area contributed by atoms with E-state index >= 15 is 0 Å². The van der Waals surface area contributed by atoms with Crippen LogP contribution in [-0.4, -0.2) is 0 Å². The average Bonchev–Trinajstić information content (AvgIpc) is 2.18. The van der Waals surface area contributed by atoms with Gasteiger partial charge in [-0.2, -0.15) is 0 Å². The molecule has 2 aromatic rings. The first-order valence-electron chi connectivity index (χ1n) is 4.19. The zero-order valence-corrected chi connectivity index (χ0v) is 8.05. The van der Waals surface area contributed by atoms with Crippen molar-refractivity contribution in [2.24, 2.45) is 0 Å². The van der Waals surface area contributed by atoms with Crippen LogP contribution < -0.4 is 0 Å². The lowest BCUT2D eigenvalue weighted by molar-refractivity contribution is 0.631. The molecule has 0 nitrogen and oxygen atoms in total. The Morgan fingerprint density at radius 3 is 2.64 bits per heavy atom. The summed E-state index contributed by atoms with van der Waals surface area (Å²) >= 11 is 5.77. The highest BCUT2D eigenvalue weighted by molar-refractivity contribution is 6.30. The summed E-state index contributed by atoms with van der Waals surface area (Å²) < 4.78 is 13.4. The van der Waals surface area contributed by atoms with Gasteiger partial charge in [-0.1, -0.05) is 41.9 Å². The summed E-state index contributed by atoms with van der Waals surface area (Å²) in [6, 6.07) is 14.6. The fraction of sp³-hybridized carbons (Fsp3) is 0. The molecular formula is C12H7ClF. The van der Waals surface area contributed by atoms with Crippen molar-refractivity contribution in [2.45, 2.75) is 0 Å². The molecule has 0 heterocycles. The van der Waals surface area contributed by atoms with Crippen molar-refractivity contribution in [2.75, 3.05) is 0 Å². The molecule has 0 saturated heterocycles. The van der Waals surface area contributed by atoms with E-state index in [4.69, 9.17) is 11.6 Å². The van der Waals surface area contributed by atoms with Crippen molar-refractivity contribution in [3.05, 3.63) is 59.4 Å². The van der Waals surface area contributed by atoms with E-state index in [0.29, 0.717) is 10.6 Å². The maximum Gasteiger partial charge on any atom is 0.131 e. The van der Waals surface area contributed by atoms with Gasteiger partial charge in [0.2, 0.25) is 0 Å². The van der Waals surface area contributed by atoms with E-state index in [1.54, 1.807) is 36.4 Å². The van der Waals surface area contributed by atoms with Crippen LogP contribution in [0.5, 0.6) is 0 Å². The molecular weight excluding hydrogens is 199 g/mol. The largest absolute Gasteiger partial charge is 0.206 e. The van der Waals surface area contributed by atoms with Crippen molar-refractivity contribution >= 4 is 11.6 Å². The number of hydrogen-bond donors (Lipinski definition) is 0. The first-order valence-corrected chi connectivity index (χ1v) is 4.57. The van der Waals surface area contributed by atoms with Crippen molar-refractivity contribution in [3.8, 4) is 11.1 Å². The molecule has 0 amide bonds. The summed E-state index contributed by atoms with van der Waals surface area (Å²) in [4.78, 5) is 0. The third-order valence-corrected chi connectivity index (χ3v) is 2.17. The fourth-order valence-corrected chi connectivity index (χ4v) is 1.48. The van der Waals surface area contributed by atoms with Crippen LogP contribution in [0.25, 0.3) is 11.1 Å². The summed E-state index contributed by atoms with van der Waals surface area (Å²) in [7, 11) is 0. The highest BCUT2D eigenvalue weighted by Crippen LogP contribution is 2.24. The van der Waals surface area contributed by atoms with Gasteiger partial charge in [0, 0.05) is 16.7 Å². The standard InChI is InChI=1S/C12H7ClF/c13-10-5-3-4-9(8-10)11-6-1-2-7-12(11)14/h1-4,6-8H. The maximum atomic E-state index is 13.4. The van der Waals surface area contributed by atoms with E-state index in [-0.39, 0.29) is 5.82 Å². The minimum Gasteiger partial charge on any atom is -0.206 e. The van der Waals surface area contributed by atoms with Crippen molar-refractivity contribution < 1.29 is 4.39 Å². The molecule has 0 bridgehead atoms. The predicted octanol–water partition coefficient (Wildman–Crippen LogP) is 3.95. The van der Waals surface area contributed by atoms with Gasteiger partial charge >= 0.3 is 0 Å². The molecule has 2 heteroatoms. The summed E-state index contributed by atoms with van der Waals surface area (Å²) in [5.41, 5.74) is 1.33. The third-order valence-electron chi connectivity index (χ3n) is 1.95. The second-order valence-electron chi connectivity index (χ2n) is 2.91. The lowest BCUT2D eigenvalue weighted by Crippen LogP contribution is -1.82. The smallest absolute Gasteiger partial charge is 0.131 e. The Kier molecular flexibility index (Phi) is 2.51. The molecule has 0 saturated carbocycles. The van der Waals surface area contributed by atoms with Crippen LogP contribution in [0.3, 0.4) is 0 Å². The Morgan fingerprint density at radius 1 is 1.14 bits per heavy atom. The van der Waals surface area contributed by atoms with Gasteiger partial charge in [0.15, 0.2) is 0 Å². The molecule has 0 aliphatic carbocycles. The quantitative estimate of drug-likeness (QED) is 0.662. The van der Waals surface area contributed by atoms with E-state index in [1.165, 1.54) is 6.07 Å². The molecule has 0 aliphatic heterocycles. The molecule has 0 aliphatic rings. The van der Waals surface area contributed by atoms with Crippen LogP contribution in [0.4, 0.5) is 4.39 Å². The van der Waals surface area contributed by atoms with Gasteiger partial charge < -0.3 is 0 Å². The van der Waals surface area contributed by atoms with Gasteiger partial charge in [0.05, 0.1) is 0 Å². The molecule has 0 N–H and O–H groups in total. The maximum absolute atomic E-state index is 13.4. The number of halogens is 2. The lowest BCUT2D eigenvalue weighted by atomic mass is 10.1. The van der Waals surface area contributed by atoms with E-state index in [0.717, 1.165) is 5.56 Å². The van der Waals surface area contributed by atoms with Crippen LogP contribution in [0, 0.1) is 11.9 Å². The van der Waals surface area contributed by atoms with Crippen molar-refractivity contribution in [3.63, 3.8) is 0 Å². The lowest BCUT2D eigenvalue weighted by Gasteiger charge is -2.02. The van der Waals surface area contributed by atoms with Crippen molar-refractivity contribution in [1.29, 1.82) is 0 Å². The van der Waals surface area contributed by atoms with Gasteiger partial charge in [-0.25, -0.2) is 4.39 Å². The second-order valence-corrected chi connectivity index (χ2v) is 3.31. The summed E-state index contributed by atoms with van der Waals surface area (Å²) in [5, 5.41) is 0.491. The molecule has 0 unspecified atom stereocenters. The molecule has 0 atom stereocenters. The van der Waals surface area contributed by atoms with E-state index in [1.807, 2.05) is 0 Å². The number of benzene rings is 2. The Hall–Kier alpha value is -1.34. The van der Waals surface area contributed by atoms with E-state index in [9.17, 15) is 4.39 Å². The van der Waals surface area contributed by atoms with Gasteiger partial charge in [-0.15, -0.1) is 0 Å². The first kappa shape index (κ1) is 9.22.